The van der Waals surface area contributed by atoms with E-state index < -0.39 is 0 Å². The fourth-order valence-electron chi connectivity index (χ4n) is 7.73. The van der Waals surface area contributed by atoms with Crippen molar-refractivity contribution in [3.05, 3.63) is 158 Å². The van der Waals surface area contributed by atoms with Gasteiger partial charge in [0.05, 0.1) is 11.0 Å². The molecule has 0 aliphatic rings. The van der Waals surface area contributed by atoms with Crippen LogP contribution in [-0.4, -0.2) is 19.5 Å². The molecule has 0 aliphatic carbocycles. The first-order valence-electron chi connectivity index (χ1n) is 16.8. The Morgan fingerprint density at radius 2 is 1.04 bits per heavy atom. The van der Waals surface area contributed by atoms with E-state index in [9.17, 15) is 0 Å². The van der Waals surface area contributed by atoms with Gasteiger partial charge in [-0.1, -0.05) is 109 Å². The van der Waals surface area contributed by atoms with E-state index in [1.807, 2.05) is 11.3 Å². The van der Waals surface area contributed by atoms with Gasteiger partial charge in [-0.2, -0.15) is 0 Å². The van der Waals surface area contributed by atoms with Crippen LogP contribution in [0, 0.1) is 0 Å². The third-order valence-corrected chi connectivity index (χ3v) is 11.1. The van der Waals surface area contributed by atoms with Gasteiger partial charge in [0.1, 0.15) is 0 Å². The lowest BCUT2D eigenvalue weighted by molar-refractivity contribution is 1.16. The second kappa shape index (κ2) is 10.5. The lowest BCUT2D eigenvalue weighted by Gasteiger charge is -2.10. The summed E-state index contributed by atoms with van der Waals surface area (Å²) in [6.45, 7) is 0. The lowest BCUT2D eigenvalue weighted by Crippen LogP contribution is -1.97. The van der Waals surface area contributed by atoms with E-state index in [1.165, 1.54) is 58.1 Å². The number of para-hydroxylation sites is 2. The van der Waals surface area contributed by atoms with Crippen molar-refractivity contribution in [2.24, 2.45) is 0 Å². The summed E-state index contributed by atoms with van der Waals surface area (Å²) in [5.41, 5.74) is 5.66. The van der Waals surface area contributed by atoms with Crippen LogP contribution in [0.25, 0.3) is 103 Å². The Bertz CT molecular complexity index is 3170. The molecule has 0 unspecified atom stereocenters. The number of benzene rings is 7. The molecule has 4 nitrogen and oxygen atoms in total. The Kier molecular flexibility index (Phi) is 5.80. The summed E-state index contributed by atoms with van der Waals surface area (Å²) in [6.07, 6.45) is 0. The maximum Gasteiger partial charge on any atom is 0.164 e. The molecule has 0 saturated heterocycles. The maximum atomic E-state index is 5.26. The quantitative estimate of drug-likeness (QED) is 0.186. The van der Waals surface area contributed by atoms with E-state index >= 15 is 0 Å². The number of rotatable bonds is 2. The van der Waals surface area contributed by atoms with Crippen molar-refractivity contribution in [1.82, 2.24) is 19.5 Å². The summed E-state index contributed by atoms with van der Waals surface area (Å²) in [5.74, 6) is 0.644. The highest BCUT2D eigenvalue weighted by atomic mass is 32.1. The number of thiophene rings is 1. The predicted molar refractivity (Wildman–Crippen MR) is 211 cm³/mol. The van der Waals surface area contributed by atoms with Gasteiger partial charge in [0.25, 0.3) is 0 Å². The van der Waals surface area contributed by atoms with Crippen molar-refractivity contribution in [2.75, 3.05) is 0 Å². The van der Waals surface area contributed by atoms with E-state index in [1.54, 1.807) is 0 Å². The summed E-state index contributed by atoms with van der Waals surface area (Å²) < 4.78 is 4.80. The van der Waals surface area contributed by atoms with Crippen molar-refractivity contribution in [3.8, 4) is 17.1 Å². The molecule has 5 heteroatoms. The zero-order valence-corrected chi connectivity index (χ0v) is 27.5. The van der Waals surface area contributed by atoms with Crippen LogP contribution in [0.15, 0.2) is 158 Å². The van der Waals surface area contributed by atoms with E-state index in [-0.39, 0.29) is 0 Å². The molecule has 0 spiro atoms. The SMILES string of the molecule is c1cc(-c2nc3nc(n2)c2cccc4sc5ccc(cc5c42)c2ccccc2c2cccc3c2)cc(-n2c3ccccc3c3ccccc32)c1. The number of aromatic nitrogens is 4. The Balaban J connectivity index is 1.27. The Hall–Kier alpha value is -6.43. The highest BCUT2D eigenvalue weighted by Gasteiger charge is 2.15. The van der Waals surface area contributed by atoms with Gasteiger partial charge in [-0.3, -0.25) is 0 Å². The minimum atomic E-state index is 0.644. The van der Waals surface area contributed by atoms with Crippen LogP contribution in [0.2, 0.25) is 0 Å². The van der Waals surface area contributed by atoms with Crippen LogP contribution in [0.4, 0.5) is 0 Å². The second-order valence-corrected chi connectivity index (χ2v) is 13.9. The summed E-state index contributed by atoms with van der Waals surface area (Å²) in [5, 5.41) is 11.5. The molecule has 0 amide bonds. The molecular weight excluding hydrogens is 629 g/mol. The first kappa shape index (κ1) is 27.5. The molecule has 50 heavy (non-hydrogen) atoms. The summed E-state index contributed by atoms with van der Waals surface area (Å²) in [4.78, 5) is 15.7. The van der Waals surface area contributed by atoms with Crippen LogP contribution < -0.4 is 0 Å². The summed E-state index contributed by atoms with van der Waals surface area (Å²) in [6, 6.07) is 56.4. The van der Waals surface area contributed by atoms with Crippen molar-refractivity contribution in [1.29, 1.82) is 0 Å². The molecule has 0 atom stereocenters. The fourth-order valence-corrected chi connectivity index (χ4v) is 8.84. The summed E-state index contributed by atoms with van der Waals surface area (Å²) >= 11 is 1.81. The highest BCUT2D eigenvalue weighted by Crippen LogP contribution is 2.39. The van der Waals surface area contributed by atoms with Crippen LogP contribution in [0.1, 0.15) is 0 Å². The Morgan fingerprint density at radius 3 is 1.84 bits per heavy atom. The molecule has 0 radical (unpaired) electrons. The van der Waals surface area contributed by atoms with Gasteiger partial charge in [0.15, 0.2) is 17.1 Å². The number of hydrogen-bond acceptors (Lipinski definition) is 4. The first-order valence-corrected chi connectivity index (χ1v) is 17.6. The van der Waals surface area contributed by atoms with Crippen LogP contribution >= 0.6 is 11.3 Å². The highest BCUT2D eigenvalue weighted by molar-refractivity contribution is 7.26. The molecular formula is C45H26N4S. The first-order chi connectivity index (χ1) is 24.8. The van der Waals surface area contributed by atoms with E-state index in [4.69, 9.17) is 15.0 Å². The van der Waals surface area contributed by atoms with E-state index in [2.05, 4.69) is 162 Å². The monoisotopic (exact) mass is 654 g/mol. The molecule has 0 saturated carbocycles. The van der Waals surface area contributed by atoms with Gasteiger partial charge in [0.2, 0.25) is 0 Å². The molecule has 0 N–H and O–H groups in total. The predicted octanol–water partition coefficient (Wildman–Crippen LogP) is 12.2. The molecule has 6 bridgehead atoms. The third-order valence-electron chi connectivity index (χ3n) is 9.98. The van der Waals surface area contributed by atoms with Crippen molar-refractivity contribution < 1.29 is 0 Å². The topological polar surface area (TPSA) is 43.6 Å². The molecule has 0 aliphatic heterocycles. The van der Waals surface area contributed by atoms with Gasteiger partial charge >= 0.3 is 0 Å². The van der Waals surface area contributed by atoms with E-state index in [0.29, 0.717) is 17.1 Å². The van der Waals surface area contributed by atoms with Gasteiger partial charge in [0, 0.05) is 53.0 Å². The minimum absolute atomic E-state index is 0.644. The number of fused-ring (bicyclic) bond motifs is 13. The molecule has 11 rings (SSSR count). The van der Waals surface area contributed by atoms with Crippen molar-refractivity contribution in [2.45, 2.75) is 0 Å². The standard InChI is InChI=1S/C45H26N4S/c1-2-15-33-28-22-23-40-37(26-28)42-36(18-9-21-41(42)50-40)45-47-43(29-11-7-10-27(24-29)32(33)14-1)46-44(48-45)30-12-8-13-31(25-30)49-38-19-5-3-16-34(38)35-17-4-6-20-39(35)49/h1-26H. The number of nitrogens with zero attached hydrogens (tertiary/aromatic N) is 4. The molecule has 7 aromatic carbocycles. The van der Waals surface area contributed by atoms with Crippen LogP contribution in [0.3, 0.4) is 0 Å². The Labute approximate surface area is 290 Å². The molecule has 232 valence electrons. The largest absolute Gasteiger partial charge is 0.309 e. The average molecular weight is 655 g/mol. The zero-order chi connectivity index (χ0) is 32.8. The third kappa shape index (κ3) is 4.08. The second-order valence-electron chi connectivity index (χ2n) is 12.8. The molecule has 11 aromatic rings. The normalized spacial score (nSPS) is 12.0. The smallest absolute Gasteiger partial charge is 0.164 e. The summed E-state index contributed by atoms with van der Waals surface area (Å²) in [7, 11) is 0. The van der Waals surface area contributed by atoms with Gasteiger partial charge in [-0.05, 0) is 70.1 Å². The average Bonchev–Trinajstić information content (AvgIpc) is 3.73. The van der Waals surface area contributed by atoms with Crippen LogP contribution in [-0.2, 0) is 0 Å². The van der Waals surface area contributed by atoms with E-state index in [0.717, 1.165) is 27.4 Å². The fraction of sp³-hybridized carbons (Fsp3) is 0. The molecule has 4 aromatic heterocycles. The maximum absolute atomic E-state index is 5.26. The van der Waals surface area contributed by atoms with Gasteiger partial charge in [-0.25, -0.2) is 15.0 Å². The van der Waals surface area contributed by atoms with Gasteiger partial charge in [-0.15, -0.1) is 11.3 Å². The molecule has 4 heterocycles. The van der Waals surface area contributed by atoms with Crippen molar-refractivity contribution in [3.63, 3.8) is 0 Å². The Morgan fingerprint density at radius 1 is 0.400 bits per heavy atom. The minimum Gasteiger partial charge on any atom is -0.309 e. The zero-order valence-electron chi connectivity index (χ0n) is 26.7. The van der Waals surface area contributed by atoms with Gasteiger partial charge < -0.3 is 4.57 Å². The van der Waals surface area contributed by atoms with Crippen molar-refractivity contribution >= 4 is 96.9 Å². The lowest BCUT2D eigenvalue weighted by atomic mass is 10.0. The number of hydrogen-bond donors (Lipinski definition) is 0. The molecule has 0 fully saturated rings. The van der Waals surface area contributed by atoms with Crippen LogP contribution in [0.5, 0.6) is 0 Å².